The summed E-state index contributed by atoms with van der Waals surface area (Å²) in [6.45, 7) is 2.76. The van der Waals surface area contributed by atoms with Crippen molar-refractivity contribution < 1.29 is 4.79 Å². The first-order chi connectivity index (χ1) is 17.5. The molecule has 0 saturated carbocycles. The molecule has 2 aliphatic rings. The topological polar surface area (TPSA) is 76.3 Å². The normalized spacial score (nSPS) is 17.6. The van der Waals surface area contributed by atoms with Crippen molar-refractivity contribution in [2.75, 3.05) is 36.8 Å². The third kappa shape index (κ3) is 4.25. The van der Waals surface area contributed by atoms with Crippen LogP contribution in [0, 0.1) is 0 Å². The lowest BCUT2D eigenvalue weighted by Gasteiger charge is -2.36. The fraction of sp³-hybridized carbons (Fsp3) is 0.280. The molecule has 0 aliphatic carbocycles. The summed E-state index contributed by atoms with van der Waals surface area (Å²) in [5, 5.41) is 6.71. The summed E-state index contributed by atoms with van der Waals surface area (Å²) in [7, 11) is 0. The second kappa shape index (κ2) is 9.46. The molecule has 6 rings (SSSR count). The highest BCUT2D eigenvalue weighted by atomic mass is 35.5. The van der Waals surface area contributed by atoms with Gasteiger partial charge in [0.1, 0.15) is 5.39 Å². The summed E-state index contributed by atoms with van der Waals surface area (Å²) in [5.74, 6) is 0.689. The molecule has 1 atom stereocenters. The third-order valence-corrected chi connectivity index (χ3v) is 8.21. The molecule has 2 aliphatic heterocycles. The molecule has 1 saturated heterocycles. The van der Waals surface area contributed by atoms with Crippen LogP contribution in [0.15, 0.2) is 64.7 Å². The van der Waals surface area contributed by atoms with Crippen LogP contribution in [0.5, 0.6) is 0 Å². The summed E-state index contributed by atoms with van der Waals surface area (Å²) in [6.07, 6.45) is 1.81. The van der Waals surface area contributed by atoms with Crippen molar-refractivity contribution in [3.05, 3.63) is 75.1 Å². The number of hydrogen-bond donors (Lipinski definition) is 0. The molecule has 0 spiro atoms. The molecule has 1 unspecified atom stereocenters. The summed E-state index contributed by atoms with van der Waals surface area (Å²) in [4.78, 5) is 35.5. The van der Waals surface area contributed by atoms with Crippen molar-refractivity contribution in [2.24, 2.45) is 0 Å². The first kappa shape index (κ1) is 23.4. The highest BCUT2D eigenvalue weighted by molar-refractivity contribution is 7.99. The first-order valence-electron chi connectivity index (χ1n) is 11.7. The maximum atomic E-state index is 13.4. The van der Waals surface area contributed by atoms with E-state index in [0.29, 0.717) is 45.1 Å². The van der Waals surface area contributed by atoms with E-state index >= 15 is 0 Å². The average molecular weight is 541 g/mol. The van der Waals surface area contributed by atoms with Crippen molar-refractivity contribution in [3.63, 3.8) is 0 Å². The van der Waals surface area contributed by atoms with Gasteiger partial charge in [0.2, 0.25) is 5.91 Å². The molecule has 4 heterocycles. The molecular weight excluding hydrogens is 519 g/mol. The van der Waals surface area contributed by atoms with Gasteiger partial charge in [-0.15, -0.1) is 0 Å². The Bertz CT molecular complexity index is 1530. The van der Waals surface area contributed by atoms with Gasteiger partial charge in [-0.2, -0.15) is 5.10 Å². The second-order valence-electron chi connectivity index (χ2n) is 8.86. The molecule has 2 aromatic heterocycles. The average Bonchev–Trinajstić information content (AvgIpc) is 3.49. The molecule has 36 heavy (non-hydrogen) atoms. The van der Waals surface area contributed by atoms with Crippen LogP contribution in [0.1, 0.15) is 12.5 Å². The van der Waals surface area contributed by atoms with E-state index in [1.54, 1.807) is 21.4 Å². The molecule has 1 fully saturated rings. The van der Waals surface area contributed by atoms with Gasteiger partial charge in [-0.1, -0.05) is 47.1 Å². The smallest absolute Gasteiger partial charge is 0.265 e. The summed E-state index contributed by atoms with van der Waals surface area (Å²) in [5.41, 5.74) is 2.12. The van der Waals surface area contributed by atoms with Crippen LogP contribution >= 0.6 is 35.0 Å². The Kier molecular flexibility index (Phi) is 6.15. The minimum atomic E-state index is -0.234. The Hall–Kier alpha value is -3.01. The van der Waals surface area contributed by atoms with Gasteiger partial charge in [0.05, 0.1) is 17.9 Å². The molecule has 0 bridgehead atoms. The Morgan fingerprint density at radius 2 is 1.69 bits per heavy atom. The number of amides is 1. The maximum absolute atomic E-state index is 13.4. The van der Waals surface area contributed by atoms with Gasteiger partial charge in [0.15, 0.2) is 10.8 Å². The third-order valence-electron chi connectivity index (χ3n) is 6.64. The van der Waals surface area contributed by atoms with Crippen LogP contribution in [0.2, 0.25) is 10.0 Å². The Labute approximate surface area is 221 Å². The summed E-state index contributed by atoms with van der Waals surface area (Å²) in [6, 6.07) is 14.8. The standard InChI is InChI=1S/C25H22Cl2N6O2S/c26-16-3-1-5-18(11-16)30-7-9-31(10-8-30)22(34)13-20-15-36-25-29-23-21(24(35)32(20)25)14-28-33(23)19-6-2-4-17(27)12-19/h1-6,11-12,14,20H,7-10,13,15H2. The predicted molar refractivity (Wildman–Crippen MR) is 143 cm³/mol. The number of hydrogen-bond acceptors (Lipinski definition) is 6. The van der Waals surface area contributed by atoms with Crippen LogP contribution in [0.25, 0.3) is 16.7 Å². The molecule has 8 nitrogen and oxygen atoms in total. The van der Waals surface area contributed by atoms with E-state index in [2.05, 4.69) is 10.00 Å². The van der Waals surface area contributed by atoms with Gasteiger partial charge in [-0.25, -0.2) is 9.67 Å². The lowest BCUT2D eigenvalue weighted by atomic mass is 10.1. The number of carbonyl (C=O) groups excluding carboxylic acids is 1. The maximum Gasteiger partial charge on any atom is 0.265 e. The fourth-order valence-electron chi connectivity index (χ4n) is 4.80. The van der Waals surface area contributed by atoms with E-state index in [4.69, 9.17) is 28.2 Å². The Balaban J connectivity index is 1.19. The molecule has 1 amide bonds. The molecular formula is C25H22Cl2N6O2S. The molecule has 2 aromatic carbocycles. The van der Waals surface area contributed by atoms with Crippen LogP contribution in [0.4, 0.5) is 5.69 Å². The number of carbonyl (C=O) groups is 1. The number of halogens is 2. The number of anilines is 1. The van der Waals surface area contributed by atoms with E-state index in [9.17, 15) is 9.59 Å². The number of thioether (sulfide) groups is 1. The van der Waals surface area contributed by atoms with E-state index in [0.717, 1.165) is 24.5 Å². The molecule has 0 N–H and O–H groups in total. The summed E-state index contributed by atoms with van der Waals surface area (Å²) >= 11 is 13.8. The quantitative estimate of drug-likeness (QED) is 0.359. The monoisotopic (exact) mass is 540 g/mol. The van der Waals surface area contributed by atoms with Crippen molar-refractivity contribution in [1.29, 1.82) is 0 Å². The highest BCUT2D eigenvalue weighted by Crippen LogP contribution is 2.34. The van der Waals surface area contributed by atoms with Gasteiger partial charge in [-0.3, -0.25) is 14.2 Å². The SMILES string of the molecule is O=C(CC1CSc2nc3c(cnn3-c3cccc(Cl)c3)c(=O)n21)N1CCN(c2cccc(Cl)c2)CC1. The van der Waals surface area contributed by atoms with Crippen molar-refractivity contribution in [3.8, 4) is 5.69 Å². The molecule has 0 radical (unpaired) electrons. The minimum absolute atomic E-state index is 0.0563. The van der Waals surface area contributed by atoms with E-state index in [-0.39, 0.29) is 23.9 Å². The second-order valence-corrected chi connectivity index (χ2v) is 10.7. The zero-order valence-corrected chi connectivity index (χ0v) is 21.5. The predicted octanol–water partition coefficient (Wildman–Crippen LogP) is 4.27. The van der Waals surface area contributed by atoms with Gasteiger partial charge >= 0.3 is 0 Å². The lowest BCUT2D eigenvalue weighted by molar-refractivity contribution is -0.132. The van der Waals surface area contributed by atoms with Crippen molar-refractivity contribution in [1.82, 2.24) is 24.2 Å². The number of benzene rings is 2. The number of rotatable bonds is 4. The molecule has 184 valence electrons. The van der Waals surface area contributed by atoms with Gasteiger partial charge in [0, 0.05) is 54.1 Å². The number of fused-ring (bicyclic) bond motifs is 2. The van der Waals surface area contributed by atoms with E-state index in [1.165, 1.54) is 18.0 Å². The Morgan fingerprint density at radius 3 is 2.42 bits per heavy atom. The van der Waals surface area contributed by atoms with E-state index in [1.807, 2.05) is 41.3 Å². The van der Waals surface area contributed by atoms with Gasteiger partial charge in [-0.05, 0) is 36.4 Å². The molecule has 11 heteroatoms. The minimum Gasteiger partial charge on any atom is -0.368 e. The largest absolute Gasteiger partial charge is 0.368 e. The van der Waals surface area contributed by atoms with Crippen molar-refractivity contribution in [2.45, 2.75) is 17.6 Å². The van der Waals surface area contributed by atoms with Crippen LogP contribution < -0.4 is 10.5 Å². The molecule has 4 aromatic rings. The summed E-state index contributed by atoms with van der Waals surface area (Å²) < 4.78 is 3.29. The Morgan fingerprint density at radius 1 is 1.00 bits per heavy atom. The van der Waals surface area contributed by atoms with E-state index < -0.39 is 0 Å². The van der Waals surface area contributed by atoms with Gasteiger partial charge in [0.25, 0.3) is 5.56 Å². The van der Waals surface area contributed by atoms with Crippen LogP contribution in [-0.4, -0.2) is 62.1 Å². The van der Waals surface area contributed by atoms with Gasteiger partial charge < -0.3 is 9.80 Å². The lowest BCUT2D eigenvalue weighted by Crippen LogP contribution is -2.49. The highest BCUT2D eigenvalue weighted by Gasteiger charge is 2.32. The fourth-order valence-corrected chi connectivity index (χ4v) is 6.29. The van der Waals surface area contributed by atoms with Crippen LogP contribution in [0.3, 0.4) is 0 Å². The number of aromatic nitrogens is 4. The first-order valence-corrected chi connectivity index (χ1v) is 13.4. The number of piperazine rings is 1. The number of nitrogens with zero attached hydrogens (tertiary/aromatic N) is 6. The zero-order valence-electron chi connectivity index (χ0n) is 19.2. The van der Waals surface area contributed by atoms with Crippen molar-refractivity contribution >= 4 is 57.6 Å². The zero-order chi connectivity index (χ0) is 24.8. The van der Waals surface area contributed by atoms with Crippen LogP contribution in [-0.2, 0) is 4.79 Å².